The molecule has 0 aliphatic carbocycles. The van der Waals surface area contributed by atoms with E-state index in [1.54, 1.807) is 34.5 Å². The van der Waals surface area contributed by atoms with Crippen LogP contribution in [0.4, 0.5) is 5.69 Å². The standard InChI is InChI=1S/C15H10BrCl3N2OS/c1-7-13(15(19)22)20-21(10-3-2-8(17)6-9(10)18)14(7)11-4-5-12(16)23-11/h2-7,14H,1H3/t7-,14+/m1/s1. The minimum absolute atomic E-state index is 0.150. The summed E-state index contributed by atoms with van der Waals surface area (Å²) < 4.78 is 1.01. The lowest BCUT2D eigenvalue weighted by Crippen LogP contribution is -2.24. The van der Waals surface area contributed by atoms with Gasteiger partial charge in [-0.3, -0.25) is 9.80 Å². The fraction of sp³-hybridized carbons (Fsp3) is 0.200. The van der Waals surface area contributed by atoms with Gasteiger partial charge in [0.1, 0.15) is 5.71 Å². The van der Waals surface area contributed by atoms with Crippen molar-refractivity contribution in [2.24, 2.45) is 11.0 Å². The number of thiophene rings is 1. The molecule has 3 rings (SSSR count). The summed E-state index contributed by atoms with van der Waals surface area (Å²) >= 11 is 23.0. The van der Waals surface area contributed by atoms with Crippen LogP contribution in [0.15, 0.2) is 39.2 Å². The summed E-state index contributed by atoms with van der Waals surface area (Å²) in [7, 11) is 0. The molecule has 1 aliphatic rings. The second-order valence-corrected chi connectivity index (χ2v) is 8.76. The molecule has 1 aromatic carbocycles. The third-order valence-electron chi connectivity index (χ3n) is 3.63. The van der Waals surface area contributed by atoms with E-state index in [-0.39, 0.29) is 12.0 Å². The van der Waals surface area contributed by atoms with Gasteiger partial charge in [0, 0.05) is 15.8 Å². The molecule has 0 spiro atoms. The van der Waals surface area contributed by atoms with Crippen molar-refractivity contribution >= 4 is 78.7 Å². The first-order valence-electron chi connectivity index (χ1n) is 6.66. The maximum absolute atomic E-state index is 11.7. The number of hydrogen-bond donors (Lipinski definition) is 0. The minimum atomic E-state index is -0.550. The summed E-state index contributed by atoms with van der Waals surface area (Å²) in [5.41, 5.74) is 1.01. The largest absolute Gasteiger partial charge is 0.274 e. The molecule has 3 nitrogen and oxygen atoms in total. The van der Waals surface area contributed by atoms with Crippen LogP contribution in [-0.2, 0) is 4.79 Å². The Morgan fingerprint density at radius 1 is 1.30 bits per heavy atom. The predicted octanol–water partition coefficient (Wildman–Crippen LogP) is 6.14. The van der Waals surface area contributed by atoms with Gasteiger partial charge in [-0.1, -0.05) is 30.1 Å². The van der Waals surface area contributed by atoms with Crippen LogP contribution in [0.3, 0.4) is 0 Å². The maximum atomic E-state index is 11.7. The van der Waals surface area contributed by atoms with E-state index in [2.05, 4.69) is 21.0 Å². The van der Waals surface area contributed by atoms with E-state index in [9.17, 15) is 4.79 Å². The number of hydrazone groups is 1. The van der Waals surface area contributed by atoms with Gasteiger partial charge < -0.3 is 0 Å². The second-order valence-electron chi connectivity index (χ2n) is 5.07. The smallest absolute Gasteiger partial charge is 0.268 e. The fourth-order valence-electron chi connectivity index (χ4n) is 2.57. The Balaban J connectivity index is 2.11. The monoisotopic (exact) mass is 450 g/mol. The molecule has 0 saturated heterocycles. The zero-order valence-corrected chi connectivity index (χ0v) is 16.4. The van der Waals surface area contributed by atoms with Gasteiger partial charge in [-0.2, -0.15) is 5.10 Å². The highest BCUT2D eigenvalue weighted by atomic mass is 79.9. The van der Waals surface area contributed by atoms with Crippen LogP contribution in [0.5, 0.6) is 0 Å². The molecule has 2 heterocycles. The third kappa shape index (κ3) is 3.30. The first kappa shape index (κ1) is 17.2. The van der Waals surface area contributed by atoms with Gasteiger partial charge in [0.15, 0.2) is 0 Å². The van der Waals surface area contributed by atoms with Gasteiger partial charge in [0.2, 0.25) is 0 Å². The van der Waals surface area contributed by atoms with Crippen LogP contribution >= 0.6 is 62.1 Å². The lowest BCUT2D eigenvalue weighted by Gasteiger charge is -2.26. The van der Waals surface area contributed by atoms with Gasteiger partial charge in [0.25, 0.3) is 5.24 Å². The molecule has 2 atom stereocenters. The second kappa shape index (κ2) is 6.73. The van der Waals surface area contributed by atoms with Gasteiger partial charge in [-0.15, -0.1) is 11.3 Å². The Kier molecular flexibility index (Phi) is 5.04. The van der Waals surface area contributed by atoms with E-state index in [1.165, 1.54) is 0 Å². The quantitative estimate of drug-likeness (QED) is 0.524. The van der Waals surface area contributed by atoms with Crippen molar-refractivity contribution < 1.29 is 4.79 Å². The number of nitrogens with zero attached hydrogens (tertiary/aromatic N) is 2. The number of anilines is 1. The Hall–Kier alpha value is -0.590. The number of carbonyl (C=O) groups is 1. The van der Waals surface area contributed by atoms with Gasteiger partial charge >= 0.3 is 0 Å². The van der Waals surface area contributed by atoms with Crippen molar-refractivity contribution in [1.82, 2.24) is 0 Å². The number of benzene rings is 1. The minimum Gasteiger partial charge on any atom is -0.274 e. The van der Waals surface area contributed by atoms with Gasteiger partial charge in [-0.25, -0.2) is 0 Å². The van der Waals surface area contributed by atoms with Crippen molar-refractivity contribution in [3.05, 3.63) is 49.0 Å². The Bertz CT molecular complexity index is 808. The van der Waals surface area contributed by atoms with E-state index in [1.807, 2.05) is 19.1 Å². The molecule has 2 aromatic rings. The van der Waals surface area contributed by atoms with Crippen LogP contribution in [0.25, 0.3) is 0 Å². The molecule has 120 valence electrons. The Morgan fingerprint density at radius 3 is 2.61 bits per heavy atom. The molecule has 23 heavy (non-hydrogen) atoms. The molecule has 1 aromatic heterocycles. The molecular weight excluding hydrogens is 443 g/mol. The van der Waals surface area contributed by atoms with Crippen molar-refractivity contribution in [3.63, 3.8) is 0 Å². The zero-order chi connectivity index (χ0) is 16.7. The SMILES string of the molecule is C[C@@H]1C(C(=O)Cl)=NN(c2ccc(Cl)cc2Cl)[C@@H]1c1ccc(Br)s1. The molecule has 1 aliphatic heterocycles. The van der Waals surface area contributed by atoms with Crippen molar-refractivity contribution in [1.29, 1.82) is 0 Å². The number of carbonyl (C=O) groups excluding carboxylic acids is 1. The summed E-state index contributed by atoms with van der Waals surface area (Å²) in [6.07, 6.45) is 0. The van der Waals surface area contributed by atoms with Crippen molar-refractivity contribution in [2.45, 2.75) is 13.0 Å². The van der Waals surface area contributed by atoms with Crippen LogP contribution < -0.4 is 5.01 Å². The molecule has 0 fully saturated rings. The van der Waals surface area contributed by atoms with Crippen LogP contribution in [0, 0.1) is 5.92 Å². The van der Waals surface area contributed by atoms with Crippen molar-refractivity contribution in [3.8, 4) is 0 Å². The molecule has 0 amide bonds. The first-order valence-corrected chi connectivity index (χ1v) is 9.40. The summed E-state index contributed by atoms with van der Waals surface area (Å²) in [6, 6.07) is 9.00. The van der Waals surface area contributed by atoms with Crippen LogP contribution in [0.2, 0.25) is 10.0 Å². The van der Waals surface area contributed by atoms with Gasteiger partial charge in [-0.05, 0) is 57.9 Å². The highest BCUT2D eigenvalue weighted by Gasteiger charge is 2.40. The van der Waals surface area contributed by atoms with E-state index in [4.69, 9.17) is 34.8 Å². The van der Waals surface area contributed by atoms with E-state index in [0.717, 1.165) is 8.66 Å². The molecule has 0 N–H and O–H groups in total. The lowest BCUT2D eigenvalue weighted by atomic mass is 9.96. The van der Waals surface area contributed by atoms with Gasteiger partial charge in [0.05, 0.1) is 20.5 Å². The predicted molar refractivity (Wildman–Crippen MR) is 101 cm³/mol. The highest BCUT2D eigenvalue weighted by Crippen LogP contribution is 2.45. The third-order valence-corrected chi connectivity index (χ3v) is 6.05. The summed E-state index contributed by atoms with van der Waals surface area (Å²) in [6.45, 7) is 1.93. The normalized spacial score (nSPS) is 20.7. The fourth-order valence-corrected chi connectivity index (χ4v) is 4.89. The summed E-state index contributed by atoms with van der Waals surface area (Å²) in [5, 5.41) is 6.64. The molecule has 0 radical (unpaired) electrons. The van der Waals surface area contributed by atoms with E-state index in [0.29, 0.717) is 21.4 Å². The number of halogens is 4. The molecule has 0 unspecified atom stereocenters. The number of hydrogen-bond acceptors (Lipinski definition) is 4. The lowest BCUT2D eigenvalue weighted by molar-refractivity contribution is -0.106. The highest BCUT2D eigenvalue weighted by molar-refractivity contribution is 9.11. The summed E-state index contributed by atoms with van der Waals surface area (Å²) in [4.78, 5) is 12.8. The number of rotatable bonds is 3. The van der Waals surface area contributed by atoms with Crippen molar-refractivity contribution in [2.75, 3.05) is 5.01 Å². The summed E-state index contributed by atoms with van der Waals surface area (Å²) in [5.74, 6) is -0.155. The maximum Gasteiger partial charge on any atom is 0.268 e. The van der Waals surface area contributed by atoms with Crippen LogP contribution in [-0.4, -0.2) is 11.0 Å². The molecule has 0 bridgehead atoms. The Labute approximate surface area is 161 Å². The average molecular weight is 453 g/mol. The molecule has 0 saturated carbocycles. The first-order chi connectivity index (χ1) is 10.9. The average Bonchev–Trinajstić information content (AvgIpc) is 3.02. The molecule has 8 heteroatoms. The zero-order valence-electron chi connectivity index (χ0n) is 11.8. The van der Waals surface area contributed by atoms with E-state index >= 15 is 0 Å². The van der Waals surface area contributed by atoms with E-state index < -0.39 is 5.24 Å². The molecular formula is C15H10BrCl3N2OS. The Morgan fingerprint density at radius 2 is 2.04 bits per heavy atom. The van der Waals surface area contributed by atoms with Crippen LogP contribution in [0.1, 0.15) is 17.8 Å². The topological polar surface area (TPSA) is 32.7 Å².